The monoisotopic (exact) mass is 318 g/mol. The van der Waals surface area contributed by atoms with Gasteiger partial charge >= 0.3 is 0 Å². The van der Waals surface area contributed by atoms with E-state index in [1.165, 1.54) is 12.1 Å². The lowest BCUT2D eigenvalue weighted by molar-refractivity contribution is 0.0551. The largest absolute Gasteiger partial charge is 0.338 e. The van der Waals surface area contributed by atoms with Gasteiger partial charge in [-0.2, -0.15) is 4.98 Å². The first-order valence-electron chi connectivity index (χ1n) is 7.63. The van der Waals surface area contributed by atoms with Gasteiger partial charge in [0.2, 0.25) is 5.89 Å². The van der Waals surface area contributed by atoms with Crippen molar-refractivity contribution in [3.63, 3.8) is 0 Å². The molecule has 122 valence electrons. The quantitative estimate of drug-likeness (QED) is 0.866. The molecule has 1 unspecified atom stereocenters. The zero-order chi connectivity index (χ0) is 16.4. The number of hydrogen-bond donors (Lipinski definition) is 0. The number of amides is 1. The first-order valence-corrected chi connectivity index (χ1v) is 7.63. The SMILES string of the molecule is Cc1noc(C(C)N2CCN(C(=O)c3cccc(F)c3)CC2)n1. The van der Waals surface area contributed by atoms with Crippen molar-refractivity contribution < 1.29 is 13.7 Å². The predicted octanol–water partition coefficient (Wildman–Crippen LogP) is 2.04. The van der Waals surface area contributed by atoms with Crippen LogP contribution in [0.2, 0.25) is 0 Å². The number of aromatic nitrogens is 2. The highest BCUT2D eigenvalue weighted by Gasteiger charge is 2.27. The van der Waals surface area contributed by atoms with Gasteiger partial charge in [0.15, 0.2) is 5.82 Å². The number of halogens is 1. The topological polar surface area (TPSA) is 62.5 Å². The number of benzene rings is 1. The number of carbonyl (C=O) groups excluding carboxylic acids is 1. The molecule has 1 aromatic carbocycles. The van der Waals surface area contributed by atoms with Gasteiger partial charge in [-0.15, -0.1) is 0 Å². The van der Waals surface area contributed by atoms with E-state index in [1.54, 1.807) is 24.0 Å². The highest BCUT2D eigenvalue weighted by atomic mass is 19.1. The van der Waals surface area contributed by atoms with Crippen LogP contribution in [0.3, 0.4) is 0 Å². The third-order valence-corrected chi connectivity index (χ3v) is 4.12. The number of piperazine rings is 1. The van der Waals surface area contributed by atoms with Crippen LogP contribution >= 0.6 is 0 Å². The second-order valence-corrected chi connectivity index (χ2v) is 5.69. The van der Waals surface area contributed by atoms with Crippen LogP contribution in [0.25, 0.3) is 0 Å². The number of nitrogens with zero attached hydrogens (tertiary/aromatic N) is 4. The van der Waals surface area contributed by atoms with Gasteiger partial charge in [0.1, 0.15) is 5.82 Å². The zero-order valence-corrected chi connectivity index (χ0v) is 13.2. The molecule has 2 heterocycles. The predicted molar refractivity (Wildman–Crippen MR) is 81.3 cm³/mol. The maximum atomic E-state index is 13.3. The minimum absolute atomic E-state index is 0.0163. The van der Waals surface area contributed by atoms with Gasteiger partial charge in [0.25, 0.3) is 5.91 Å². The Morgan fingerprint density at radius 1 is 1.30 bits per heavy atom. The Hall–Kier alpha value is -2.28. The number of rotatable bonds is 3. The number of aryl methyl sites for hydroxylation is 1. The molecule has 1 atom stereocenters. The average Bonchev–Trinajstić information content (AvgIpc) is 3.00. The van der Waals surface area contributed by atoms with E-state index in [2.05, 4.69) is 15.0 Å². The summed E-state index contributed by atoms with van der Waals surface area (Å²) >= 11 is 0. The van der Waals surface area contributed by atoms with E-state index in [4.69, 9.17) is 4.52 Å². The van der Waals surface area contributed by atoms with Gasteiger partial charge in [-0.1, -0.05) is 11.2 Å². The van der Waals surface area contributed by atoms with Crippen molar-refractivity contribution in [3.05, 3.63) is 47.4 Å². The molecule has 1 aliphatic rings. The van der Waals surface area contributed by atoms with E-state index in [-0.39, 0.29) is 11.9 Å². The van der Waals surface area contributed by atoms with Crippen molar-refractivity contribution in [1.29, 1.82) is 0 Å². The molecule has 0 radical (unpaired) electrons. The minimum atomic E-state index is -0.394. The molecule has 1 amide bonds. The lowest BCUT2D eigenvalue weighted by Crippen LogP contribution is -2.49. The molecular weight excluding hydrogens is 299 g/mol. The molecule has 23 heavy (non-hydrogen) atoms. The van der Waals surface area contributed by atoms with Crippen molar-refractivity contribution in [3.8, 4) is 0 Å². The summed E-state index contributed by atoms with van der Waals surface area (Å²) in [6.45, 7) is 6.40. The standard InChI is InChI=1S/C16H19FN4O2/c1-11(15-18-12(2)19-23-15)20-6-8-21(9-7-20)16(22)13-4-3-5-14(17)10-13/h3-5,10-11H,6-9H2,1-2H3. The van der Waals surface area contributed by atoms with Crippen molar-refractivity contribution >= 4 is 5.91 Å². The Morgan fingerprint density at radius 3 is 2.65 bits per heavy atom. The summed E-state index contributed by atoms with van der Waals surface area (Å²) in [6.07, 6.45) is 0. The fourth-order valence-electron chi connectivity index (χ4n) is 2.76. The van der Waals surface area contributed by atoms with Gasteiger partial charge < -0.3 is 9.42 Å². The third-order valence-electron chi connectivity index (χ3n) is 4.12. The Kier molecular flexibility index (Phi) is 4.38. The summed E-state index contributed by atoms with van der Waals surface area (Å²) in [6, 6.07) is 5.82. The Morgan fingerprint density at radius 2 is 2.04 bits per heavy atom. The van der Waals surface area contributed by atoms with Gasteiger partial charge in [-0.25, -0.2) is 4.39 Å². The first kappa shape index (κ1) is 15.6. The van der Waals surface area contributed by atoms with Gasteiger partial charge in [0, 0.05) is 31.7 Å². The molecule has 6 nitrogen and oxygen atoms in total. The lowest BCUT2D eigenvalue weighted by Gasteiger charge is -2.36. The Labute approximate surface area is 133 Å². The summed E-state index contributed by atoms with van der Waals surface area (Å²) < 4.78 is 18.5. The van der Waals surface area contributed by atoms with Crippen LogP contribution in [0, 0.1) is 12.7 Å². The highest BCUT2D eigenvalue weighted by Crippen LogP contribution is 2.20. The van der Waals surface area contributed by atoms with Crippen molar-refractivity contribution in [2.75, 3.05) is 26.2 Å². The summed E-state index contributed by atoms with van der Waals surface area (Å²) in [5.41, 5.74) is 0.388. The van der Waals surface area contributed by atoms with Gasteiger partial charge in [-0.3, -0.25) is 9.69 Å². The fourth-order valence-corrected chi connectivity index (χ4v) is 2.76. The van der Waals surface area contributed by atoms with E-state index in [0.29, 0.717) is 43.5 Å². The summed E-state index contributed by atoms with van der Waals surface area (Å²) in [4.78, 5) is 20.6. The van der Waals surface area contributed by atoms with Crippen LogP contribution in [0.1, 0.15) is 35.0 Å². The Balaban J connectivity index is 1.61. The van der Waals surface area contributed by atoms with E-state index in [1.807, 2.05) is 6.92 Å². The van der Waals surface area contributed by atoms with Gasteiger partial charge in [0.05, 0.1) is 6.04 Å². The first-order chi connectivity index (χ1) is 11.0. The van der Waals surface area contributed by atoms with Crippen molar-refractivity contribution in [2.24, 2.45) is 0 Å². The molecule has 0 spiro atoms. The third kappa shape index (κ3) is 3.39. The van der Waals surface area contributed by atoms with E-state index < -0.39 is 5.82 Å². The maximum Gasteiger partial charge on any atom is 0.254 e. The molecule has 0 N–H and O–H groups in total. The smallest absolute Gasteiger partial charge is 0.254 e. The molecule has 0 aliphatic carbocycles. The van der Waals surface area contributed by atoms with Crippen LogP contribution in [0.15, 0.2) is 28.8 Å². The van der Waals surface area contributed by atoms with Crippen LogP contribution in [0.4, 0.5) is 4.39 Å². The van der Waals surface area contributed by atoms with Crippen molar-refractivity contribution in [2.45, 2.75) is 19.9 Å². The van der Waals surface area contributed by atoms with E-state index in [9.17, 15) is 9.18 Å². The molecule has 0 bridgehead atoms. The minimum Gasteiger partial charge on any atom is -0.338 e. The van der Waals surface area contributed by atoms with Crippen LogP contribution in [-0.2, 0) is 0 Å². The lowest BCUT2D eigenvalue weighted by atomic mass is 10.1. The fraction of sp³-hybridized carbons (Fsp3) is 0.438. The molecule has 1 saturated heterocycles. The van der Waals surface area contributed by atoms with E-state index >= 15 is 0 Å². The molecule has 2 aromatic rings. The molecule has 1 aromatic heterocycles. The molecular formula is C16H19FN4O2. The summed E-state index contributed by atoms with van der Waals surface area (Å²) in [5, 5.41) is 3.81. The zero-order valence-electron chi connectivity index (χ0n) is 13.2. The summed E-state index contributed by atoms with van der Waals surface area (Å²) in [7, 11) is 0. The number of carbonyl (C=O) groups is 1. The molecule has 1 aliphatic heterocycles. The van der Waals surface area contributed by atoms with Crippen LogP contribution in [0.5, 0.6) is 0 Å². The van der Waals surface area contributed by atoms with E-state index in [0.717, 1.165) is 0 Å². The summed E-state index contributed by atoms with van der Waals surface area (Å²) in [5.74, 6) is 0.680. The average molecular weight is 318 g/mol. The molecule has 7 heteroatoms. The molecule has 0 saturated carbocycles. The normalized spacial score (nSPS) is 17.3. The molecule has 3 rings (SSSR count). The van der Waals surface area contributed by atoms with Crippen molar-refractivity contribution in [1.82, 2.24) is 19.9 Å². The van der Waals surface area contributed by atoms with Crippen LogP contribution < -0.4 is 0 Å². The maximum absolute atomic E-state index is 13.3. The second-order valence-electron chi connectivity index (χ2n) is 5.69. The Bertz CT molecular complexity index is 695. The van der Waals surface area contributed by atoms with Crippen LogP contribution in [-0.4, -0.2) is 52.0 Å². The highest BCUT2D eigenvalue weighted by molar-refractivity contribution is 5.94. The second kappa shape index (κ2) is 6.45. The number of hydrogen-bond acceptors (Lipinski definition) is 5. The van der Waals surface area contributed by atoms with Gasteiger partial charge in [-0.05, 0) is 32.0 Å². The molecule has 1 fully saturated rings.